The number of benzene rings is 2. The van der Waals surface area contributed by atoms with E-state index in [2.05, 4.69) is 10.3 Å². The molecule has 0 aliphatic carbocycles. The summed E-state index contributed by atoms with van der Waals surface area (Å²) in [6.45, 7) is 1.04. The van der Waals surface area contributed by atoms with E-state index < -0.39 is 17.3 Å². The van der Waals surface area contributed by atoms with Crippen LogP contribution in [0.2, 0.25) is 10.0 Å². The van der Waals surface area contributed by atoms with Crippen molar-refractivity contribution in [3.8, 4) is 11.4 Å². The smallest absolute Gasteiger partial charge is 0.257 e. The van der Waals surface area contributed by atoms with E-state index >= 15 is 0 Å². The summed E-state index contributed by atoms with van der Waals surface area (Å²) in [5, 5.41) is 12.4. The predicted octanol–water partition coefficient (Wildman–Crippen LogP) is 3.84. The molecule has 1 heterocycles. The number of amides is 1. The molecule has 0 aliphatic rings. The van der Waals surface area contributed by atoms with E-state index in [1.807, 2.05) is 0 Å². The molecule has 30 heavy (non-hydrogen) atoms. The Hall–Kier alpha value is -2.74. The number of aryl methyl sites for hydroxylation is 1. The summed E-state index contributed by atoms with van der Waals surface area (Å²) in [7, 11) is 0. The Balaban J connectivity index is 2.05. The third-order valence-corrected chi connectivity index (χ3v) is 4.98. The lowest BCUT2D eigenvalue weighted by molar-refractivity contribution is -0.116. The lowest BCUT2D eigenvalue weighted by Gasteiger charge is -2.16. The zero-order valence-electron chi connectivity index (χ0n) is 16.0. The molecule has 0 radical (unpaired) electrons. The van der Waals surface area contributed by atoms with Gasteiger partial charge in [-0.05, 0) is 37.3 Å². The van der Waals surface area contributed by atoms with Gasteiger partial charge < -0.3 is 10.4 Å². The van der Waals surface area contributed by atoms with E-state index in [-0.39, 0.29) is 36.1 Å². The number of halogens is 3. The first-order valence-corrected chi connectivity index (χ1v) is 9.77. The minimum absolute atomic E-state index is 0.0923. The maximum absolute atomic E-state index is 13.5. The molecular weight excluding hydrogens is 432 g/mol. The molecule has 0 unspecified atom stereocenters. The molecule has 2 N–H and O–H groups in total. The number of hydrogen-bond acceptors (Lipinski definition) is 4. The lowest BCUT2D eigenvalue weighted by Crippen LogP contribution is -2.33. The summed E-state index contributed by atoms with van der Waals surface area (Å²) >= 11 is 12.1. The van der Waals surface area contributed by atoms with Crippen molar-refractivity contribution >= 4 is 34.8 Å². The van der Waals surface area contributed by atoms with Crippen LogP contribution in [0, 0.1) is 12.7 Å². The van der Waals surface area contributed by atoms with E-state index in [1.54, 1.807) is 31.2 Å². The standard InChI is InChI=1S/C21H18Cl2FN3O3/c1-12-16(7-8-28)21(30)27(20(25-12)13-3-2-4-14(22)9-13)11-19(29)26-18-10-15(24)5-6-17(18)23/h2-6,9-10,28H,7-8,11H2,1H3,(H,26,29). The first-order chi connectivity index (χ1) is 14.3. The second-order valence-electron chi connectivity index (χ2n) is 6.55. The number of aromatic nitrogens is 2. The second kappa shape index (κ2) is 9.38. The van der Waals surface area contributed by atoms with Gasteiger partial charge in [0, 0.05) is 34.9 Å². The number of aliphatic hydroxyl groups excluding tert-OH is 1. The van der Waals surface area contributed by atoms with Crippen molar-refractivity contribution in [2.24, 2.45) is 0 Å². The predicted molar refractivity (Wildman–Crippen MR) is 115 cm³/mol. The molecule has 2 aromatic carbocycles. The van der Waals surface area contributed by atoms with E-state index in [4.69, 9.17) is 23.2 Å². The first-order valence-electron chi connectivity index (χ1n) is 9.02. The van der Waals surface area contributed by atoms with Crippen LogP contribution in [0.3, 0.4) is 0 Å². The van der Waals surface area contributed by atoms with Gasteiger partial charge in [0.25, 0.3) is 5.56 Å². The number of carbonyl (C=O) groups excluding carboxylic acids is 1. The maximum atomic E-state index is 13.5. The Kier molecular flexibility index (Phi) is 6.87. The van der Waals surface area contributed by atoms with Crippen LogP contribution < -0.4 is 10.9 Å². The van der Waals surface area contributed by atoms with Gasteiger partial charge in [-0.2, -0.15) is 0 Å². The molecule has 0 fully saturated rings. The zero-order chi connectivity index (χ0) is 21.8. The summed E-state index contributed by atoms with van der Waals surface area (Å²) < 4.78 is 14.7. The average molecular weight is 450 g/mol. The van der Waals surface area contributed by atoms with Crippen LogP contribution in [0.15, 0.2) is 47.3 Å². The third kappa shape index (κ3) is 4.87. The number of nitrogens with one attached hydrogen (secondary N) is 1. The molecule has 0 saturated heterocycles. The number of carbonyl (C=O) groups is 1. The molecule has 0 aliphatic heterocycles. The van der Waals surface area contributed by atoms with Gasteiger partial charge in [-0.25, -0.2) is 9.37 Å². The van der Waals surface area contributed by atoms with Crippen molar-refractivity contribution in [3.63, 3.8) is 0 Å². The Bertz CT molecular complexity index is 1160. The largest absolute Gasteiger partial charge is 0.396 e. The Morgan fingerprint density at radius 2 is 2.00 bits per heavy atom. The molecule has 6 nitrogen and oxygen atoms in total. The summed E-state index contributed by atoms with van der Waals surface area (Å²) in [6.07, 6.45) is 0.102. The first kappa shape index (κ1) is 22.0. The van der Waals surface area contributed by atoms with Gasteiger partial charge in [-0.15, -0.1) is 0 Å². The fourth-order valence-corrected chi connectivity index (χ4v) is 3.38. The van der Waals surface area contributed by atoms with Crippen molar-refractivity contribution in [1.82, 2.24) is 9.55 Å². The van der Waals surface area contributed by atoms with E-state index in [0.29, 0.717) is 21.8 Å². The highest BCUT2D eigenvalue weighted by Crippen LogP contribution is 2.24. The van der Waals surface area contributed by atoms with Gasteiger partial charge in [0.1, 0.15) is 18.2 Å². The summed E-state index contributed by atoms with van der Waals surface area (Å²) in [5.41, 5.74) is 0.949. The lowest BCUT2D eigenvalue weighted by atomic mass is 10.1. The minimum Gasteiger partial charge on any atom is -0.396 e. The van der Waals surface area contributed by atoms with Crippen LogP contribution in [-0.2, 0) is 17.8 Å². The number of anilines is 1. The molecule has 0 atom stereocenters. The zero-order valence-corrected chi connectivity index (χ0v) is 17.5. The Morgan fingerprint density at radius 1 is 1.23 bits per heavy atom. The third-order valence-electron chi connectivity index (χ3n) is 4.42. The van der Waals surface area contributed by atoms with Crippen LogP contribution in [-0.4, -0.2) is 27.2 Å². The summed E-state index contributed by atoms with van der Waals surface area (Å²) in [4.78, 5) is 30.2. The molecule has 3 rings (SSSR count). The number of hydrogen-bond donors (Lipinski definition) is 2. The fourth-order valence-electron chi connectivity index (χ4n) is 3.02. The van der Waals surface area contributed by atoms with E-state index in [0.717, 1.165) is 6.07 Å². The average Bonchev–Trinajstić information content (AvgIpc) is 2.70. The Morgan fingerprint density at radius 3 is 2.70 bits per heavy atom. The highest BCUT2D eigenvalue weighted by Gasteiger charge is 2.18. The highest BCUT2D eigenvalue weighted by atomic mass is 35.5. The molecule has 156 valence electrons. The van der Waals surface area contributed by atoms with Crippen molar-refractivity contribution in [2.75, 3.05) is 11.9 Å². The normalized spacial score (nSPS) is 10.8. The molecule has 1 amide bonds. The molecule has 0 bridgehead atoms. The summed E-state index contributed by atoms with van der Waals surface area (Å²) in [6, 6.07) is 10.3. The van der Waals surface area contributed by atoms with Crippen LogP contribution in [0.25, 0.3) is 11.4 Å². The van der Waals surface area contributed by atoms with E-state index in [1.165, 1.54) is 16.7 Å². The van der Waals surface area contributed by atoms with Crippen molar-refractivity contribution in [2.45, 2.75) is 19.9 Å². The number of aliphatic hydroxyl groups is 1. The van der Waals surface area contributed by atoms with Crippen LogP contribution in [0.1, 0.15) is 11.3 Å². The van der Waals surface area contributed by atoms with Crippen molar-refractivity contribution in [3.05, 3.63) is 79.9 Å². The molecule has 9 heteroatoms. The van der Waals surface area contributed by atoms with Gasteiger partial charge in [-0.1, -0.05) is 35.3 Å². The van der Waals surface area contributed by atoms with Gasteiger partial charge >= 0.3 is 0 Å². The number of rotatable bonds is 6. The Labute approximate surface area is 181 Å². The highest BCUT2D eigenvalue weighted by molar-refractivity contribution is 6.33. The van der Waals surface area contributed by atoms with Gasteiger partial charge in [0.15, 0.2) is 0 Å². The van der Waals surface area contributed by atoms with Crippen LogP contribution in [0.4, 0.5) is 10.1 Å². The monoisotopic (exact) mass is 449 g/mol. The maximum Gasteiger partial charge on any atom is 0.257 e. The molecule has 1 aromatic heterocycles. The van der Waals surface area contributed by atoms with Crippen LogP contribution >= 0.6 is 23.2 Å². The molecule has 3 aromatic rings. The minimum atomic E-state index is -0.589. The SMILES string of the molecule is Cc1nc(-c2cccc(Cl)c2)n(CC(=O)Nc2cc(F)ccc2Cl)c(=O)c1CCO. The quantitative estimate of drug-likeness (QED) is 0.598. The van der Waals surface area contributed by atoms with Gasteiger partial charge in [0.05, 0.1) is 10.7 Å². The topological polar surface area (TPSA) is 84.2 Å². The van der Waals surface area contributed by atoms with Crippen molar-refractivity contribution < 1.29 is 14.3 Å². The van der Waals surface area contributed by atoms with Gasteiger partial charge in [0.2, 0.25) is 5.91 Å². The fraction of sp³-hybridized carbons (Fsp3) is 0.190. The molecular formula is C21H18Cl2FN3O3. The molecule has 0 saturated carbocycles. The number of nitrogens with zero attached hydrogens (tertiary/aromatic N) is 2. The van der Waals surface area contributed by atoms with Gasteiger partial charge in [-0.3, -0.25) is 14.2 Å². The van der Waals surface area contributed by atoms with Crippen LogP contribution in [0.5, 0.6) is 0 Å². The van der Waals surface area contributed by atoms with E-state index in [9.17, 15) is 19.1 Å². The second-order valence-corrected chi connectivity index (χ2v) is 7.39. The molecule has 0 spiro atoms. The van der Waals surface area contributed by atoms with Crippen molar-refractivity contribution in [1.29, 1.82) is 0 Å². The summed E-state index contributed by atoms with van der Waals surface area (Å²) in [5.74, 6) is -0.899.